The maximum absolute atomic E-state index is 12.9. The van der Waals surface area contributed by atoms with E-state index < -0.39 is 0 Å². The average Bonchev–Trinajstić information content (AvgIpc) is 3.22. The van der Waals surface area contributed by atoms with Gasteiger partial charge >= 0.3 is 0 Å². The summed E-state index contributed by atoms with van der Waals surface area (Å²) in [7, 11) is 2.03. The van der Waals surface area contributed by atoms with E-state index in [2.05, 4.69) is 48.7 Å². The van der Waals surface area contributed by atoms with Gasteiger partial charge in [0.15, 0.2) is 0 Å². The topological polar surface area (TPSA) is 25.2 Å². The van der Waals surface area contributed by atoms with Crippen molar-refractivity contribution in [1.82, 2.24) is 9.47 Å². The minimum atomic E-state index is 0.157. The van der Waals surface area contributed by atoms with Crippen LogP contribution in [0.3, 0.4) is 0 Å². The molecule has 1 aromatic carbocycles. The van der Waals surface area contributed by atoms with Crippen LogP contribution in [0.15, 0.2) is 48.7 Å². The number of benzene rings is 1. The van der Waals surface area contributed by atoms with Crippen LogP contribution in [0.4, 0.5) is 0 Å². The Morgan fingerprint density at radius 3 is 2.55 bits per heavy atom. The van der Waals surface area contributed by atoms with E-state index in [9.17, 15) is 4.79 Å². The molecule has 0 bridgehead atoms. The summed E-state index contributed by atoms with van der Waals surface area (Å²) >= 11 is 0. The van der Waals surface area contributed by atoms with Crippen LogP contribution in [0.1, 0.15) is 37.4 Å². The molecule has 3 rings (SSSR count). The molecule has 1 aromatic heterocycles. The number of aromatic nitrogens is 1. The fourth-order valence-corrected chi connectivity index (χ4v) is 3.10. The predicted octanol–water partition coefficient (Wildman–Crippen LogP) is 3.57. The molecule has 0 spiro atoms. The smallest absolute Gasteiger partial charge is 0.226 e. The molecular weight excluding hydrogens is 272 g/mol. The normalized spacial score (nSPS) is 20.2. The van der Waals surface area contributed by atoms with Gasteiger partial charge in [0.2, 0.25) is 5.91 Å². The van der Waals surface area contributed by atoms with Gasteiger partial charge in [0.25, 0.3) is 0 Å². The maximum Gasteiger partial charge on any atom is 0.226 e. The lowest BCUT2D eigenvalue weighted by molar-refractivity contribution is -0.135. The predicted molar refractivity (Wildman–Crippen MR) is 88.4 cm³/mol. The zero-order valence-corrected chi connectivity index (χ0v) is 13.6. The van der Waals surface area contributed by atoms with Crippen LogP contribution in [0.2, 0.25) is 0 Å². The molecular formula is C19H24N2O. The molecule has 3 heteroatoms. The van der Waals surface area contributed by atoms with Gasteiger partial charge in [0, 0.05) is 30.9 Å². The Bertz CT molecular complexity index is 644. The van der Waals surface area contributed by atoms with Crippen molar-refractivity contribution >= 4 is 5.91 Å². The van der Waals surface area contributed by atoms with E-state index in [0.29, 0.717) is 18.4 Å². The Morgan fingerprint density at radius 2 is 1.95 bits per heavy atom. The molecule has 3 nitrogen and oxygen atoms in total. The molecule has 1 heterocycles. The van der Waals surface area contributed by atoms with Crippen LogP contribution in [0, 0.1) is 5.92 Å². The van der Waals surface area contributed by atoms with Crippen molar-refractivity contribution in [2.45, 2.75) is 38.8 Å². The fraction of sp³-hybridized carbons (Fsp3) is 0.421. The number of hydrogen-bond donors (Lipinski definition) is 0. The summed E-state index contributed by atoms with van der Waals surface area (Å²) in [4.78, 5) is 14.9. The van der Waals surface area contributed by atoms with Crippen LogP contribution >= 0.6 is 0 Å². The molecule has 22 heavy (non-hydrogen) atoms. The van der Waals surface area contributed by atoms with Crippen molar-refractivity contribution in [2.75, 3.05) is 0 Å². The lowest BCUT2D eigenvalue weighted by Gasteiger charge is -2.27. The summed E-state index contributed by atoms with van der Waals surface area (Å²) < 4.78 is 2.09. The summed E-state index contributed by atoms with van der Waals surface area (Å²) in [5.41, 5.74) is 2.47. The molecule has 1 amide bonds. The van der Waals surface area contributed by atoms with Gasteiger partial charge in [-0.15, -0.1) is 0 Å². The Hall–Kier alpha value is -2.03. The van der Waals surface area contributed by atoms with Crippen LogP contribution in [-0.2, 0) is 18.4 Å². The summed E-state index contributed by atoms with van der Waals surface area (Å²) in [6.45, 7) is 4.89. The first-order valence-corrected chi connectivity index (χ1v) is 8.03. The Labute approximate surface area is 132 Å². The summed E-state index contributed by atoms with van der Waals surface area (Å²) in [5, 5.41) is 0. The van der Waals surface area contributed by atoms with Gasteiger partial charge in [0.1, 0.15) is 0 Å². The van der Waals surface area contributed by atoms with Gasteiger partial charge in [-0.3, -0.25) is 4.79 Å². The van der Waals surface area contributed by atoms with Crippen molar-refractivity contribution in [3.8, 4) is 0 Å². The van der Waals surface area contributed by atoms with Gasteiger partial charge < -0.3 is 9.47 Å². The second-order valence-electron chi connectivity index (χ2n) is 6.53. The quantitative estimate of drug-likeness (QED) is 0.828. The number of amides is 1. The minimum Gasteiger partial charge on any atom is -0.353 e. The number of hydrogen-bond acceptors (Lipinski definition) is 1. The number of aryl methyl sites for hydroxylation is 1. The van der Waals surface area contributed by atoms with E-state index in [4.69, 9.17) is 0 Å². The standard InChI is InChI=1S/C19H24N2O/c1-14(2)21(13-16-10-7-11-20(16)3)19(22)18-12-17(18)15-8-5-4-6-9-15/h4-11,14,17-18H,12-13H2,1-3H3. The first kappa shape index (κ1) is 14.9. The van der Waals surface area contributed by atoms with Crippen LogP contribution in [0.25, 0.3) is 0 Å². The summed E-state index contributed by atoms with van der Waals surface area (Å²) in [5.74, 6) is 0.860. The zero-order valence-electron chi connectivity index (χ0n) is 13.6. The molecule has 0 saturated heterocycles. The van der Waals surface area contributed by atoms with E-state index >= 15 is 0 Å². The van der Waals surface area contributed by atoms with E-state index in [1.165, 1.54) is 11.3 Å². The first-order chi connectivity index (χ1) is 10.6. The maximum atomic E-state index is 12.9. The summed E-state index contributed by atoms with van der Waals surface area (Å²) in [6.07, 6.45) is 3.02. The Morgan fingerprint density at radius 1 is 1.23 bits per heavy atom. The highest BCUT2D eigenvalue weighted by molar-refractivity contribution is 5.83. The summed E-state index contributed by atoms with van der Waals surface area (Å²) in [6, 6.07) is 14.7. The Balaban J connectivity index is 1.71. The van der Waals surface area contributed by atoms with Crippen molar-refractivity contribution < 1.29 is 4.79 Å². The monoisotopic (exact) mass is 296 g/mol. The van der Waals surface area contributed by atoms with E-state index in [0.717, 1.165) is 6.42 Å². The lowest BCUT2D eigenvalue weighted by Crippen LogP contribution is -2.38. The van der Waals surface area contributed by atoms with Gasteiger partial charge in [-0.25, -0.2) is 0 Å². The van der Waals surface area contributed by atoms with Crippen molar-refractivity contribution in [3.05, 3.63) is 59.9 Å². The van der Waals surface area contributed by atoms with Crippen LogP contribution in [-0.4, -0.2) is 21.4 Å². The minimum absolute atomic E-state index is 0.157. The molecule has 1 aliphatic rings. The molecule has 1 saturated carbocycles. The lowest BCUT2D eigenvalue weighted by atomic mass is 10.1. The SMILES string of the molecule is CC(C)N(Cc1cccn1C)C(=O)C1CC1c1ccccc1. The third-order valence-electron chi connectivity index (χ3n) is 4.63. The molecule has 2 atom stereocenters. The average molecular weight is 296 g/mol. The molecule has 2 unspecified atom stereocenters. The molecule has 116 valence electrons. The van der Waals surface area contributed by atoms with Crippen molar-refractivity contribution in [3.63, 3.8) is 0 Å². The van der Waals surface area contributed by atoms with E-state index in [1.54, 1.807) is 0 Å². The van der Waals surface area contributed by atoms with E-state index in [1.807, 2.05) is 30.3 Å². The highest BCUT2D eigenvalue weighted by Gasteiger charge is 2.46. The molecule has 1 aliphatic carbocycles. The van der Waals surface area contributed by atoms with Crippen molar-refractivity contribution in [1.29, 1.82) is 0 Å². The van der Waals surface area contributed by atoms with Crippen LogP contribution < -0.4 is 0 Å². The van der Waals surface area contributed by atoms with E-state index in [-0.39, 0.29) is 12.0 Å². The molecule has 1 fully saturated rings. The van der Waals surface area contributed by atoms with Crippen LogP contribution in [0.5, 0.6) is 0 Å². The molecule has 0 N–H and O–H groups in total. The fourth-order valence-electron chi connectivity index (χ4n) is 3.10. The molecule has 0 aliphatic heterocycles. The number of rotatable bonds is 5. The zero-order chi connectivity index (χ0) is 15.7. The number of carbonyl (C=O) groups excluding carboxylic acids is 1. The van der Waals surface area contributed by atoms with Gasteiger partial charge in [0.05, 0.1) is 6.54 Å². The highest BCUT2D eigenvalue weighted by Crippen LogP contribution is 2.48. The largest absolute Gasteiger partial charge is 0.353 e. The Kier molecular flexibility index (Phi) is 4.06. The second kappa shape index (κ2) is 5.99. The van der Waals surface area contributed by atoms with Gasteiger partial charge in [-0.05, 0) is 43.9 Å². The van der Waals surface area contributed by atoms with Crippen molar-refractivity contribution in [2.24, 2.45) is 13.0 Å². The van der Waals surface area contributed by atoms with Gasteiger partial charge in [-0.1, -0.05) is 30.3 Å². The number of nitrogens with zero attached hydrogens (tertiary/aromatic N) is 2. The molecule has 2 aromatic rings. The third kappa shape index (κ3) is 2.94. The molecule has 0 radical (unpaired) electrons. The first-order valence-electron chi connectivity index (χ1n) is 8.03. The highest BCUT2D eigenvalue weighted by atomic mass is 16.2. The van der Waals surface area contributed by atoms with Gasteiger partial charge in [-0.2, -0.15) is 0 Å². The number of carbonyl (C=O) groups is 1. The second-order valence-corrected chi connectivity index (χ2v) is 6.53. The third-order valence-corrected chi connectivity index (χ3v) is 4.63.